The van der Waals surface area contributed by atoms with E-state index >= 15 is 0 Å². The molecule has 2 aromatic rings. The van der Waals surface area contributed by atoms with Crippen molar-refractivity contribution in [1.29, 1.82) is 0 Å². The molecule has 2 atom stereocenters. The van der Waals surface area contributed by atoms with Crippen LogP contribution in [-0.4, -0.2) is 17.4 Å². The number of allylic oxidation sites excluding steroid dienone is 2. The van der Waals surface area contributed by atoms with Gasteiger partial charge in [0, 0.05) is 34.2 Å². The van der Waals surface area contributed by atoms with Crippen LogP contribution in [0.15, 0.2) is 58.0 Å². The number of thiophene rings is 1. The van der Waals surface area contributed by atoms with E-state index in [1.165, 1.54) is 23.5 Å². The second kappa shape index (κ2) is 7.19. The molecule has 138 valence electrons. The van der Waals surface area contributed by atoms with Gasteiger partial charge in [0.15, 0.2) is 5.78 Å². The predicted octanol–water partition coefficient (Wildman–Crippen LogP) is 4.71. The Balaban J connectivity index is 1.75. The standard InChI is InChI=1S/C21H19FN2O2S/c1-12-18(21(26)24-14-7-3-2-6-13(14)22)20(17-10-5-11-27-17)19-15(23-12)8-4-9-16(19)25/h2-3,5-7,10-11,18,20H,4,8-9H2,1H3,(H,24,26)/t18?,20-/m0/s1. The summed E-state index contributed by atoms with van der Waals surface area (Å²) in [5, 5.41) is 4.63. The fourth-order valence-corrected chi connectivity index (χ4v) is 4.77. The zero-order chi connectivity index (χ0) is 19.0. The van der Waals surface area contributed by atoms with Gasteiger partial charge < -0.3 is 5.32 Å². The Labute approximate surface area is 160 Å². The lowest BCUT2D eigenvalue weighted by atomic mass is 9.74. The van der Waals surface area contributed by atoms with E-state index in [0.717, 1.165) is 23.4 Å². The lowest BCUT2D eigenvalue weighted by Gasteiger charge is -2.34. The highest BCUT2D eigenvalue weighted by Gasteiger charge is 2.42. The molecule has 1 aromatic carbocycles. The molecule has 6 heteroatoms. The molecule has 27 heavy (non-hydrogen) atoms. The Morgan fingerprint density at radius 2 is 2.04 bits per heavy atom. The molecule has 0 bridgehead atoms. The lowest BCUT2D eigenvalue weighted by molar-refractivity contribution is -0.119. The smallest absolute Gasteiger partial charge is 0.234 e. The largest absolute Gasteiger partial charge is 0.323 e. The summed E-state index contributed by atoms with van der Waals surface area (Å²) in [6.45, 7) is 1.81. The monoisotopic (exact) mass is 382 g/mol. The number of nitrogens with one attached hydrogen (secondary N) is 1. The van der Waals surface area contributed by atoms with Crippen LogP contribution >= 0.6 is 11.3 Å². The van der Waals surface area contributed by atoms with Crippen molar-refractivity contribution in [1.82, 2.24) is 0 Å². The van der Waals surface area contributed by atoms with Crippen LogP contribution in [0.3, 0.4) is 0 Å². The first-order valence-electron chi connectivity index (χ1n) is 8.96. The number of Topliss-reactive ketones (excluding diaryl/α,β-unsaturated/α-hetero) is 1. The number of aliphatic imine (C=N–C) groups is 1. The first kappa shape index (κ1) is 17.8. The second-order valence-electron chi connectivity index (χ2n) is 6.83. The van der Waals surface area contributed by atoms with E-state index in [4.69, 9.17) is 0 Å². The van der Waals surface area contributed by atoms with E-state index in [9.17, 15) is 14.0 Å². The first-order valence-corrected chi connectivity index (χ1v) is 9.84. The molecular formula is C21H19FN2O2S. The van der Waals surface area contributed by atoms with Crippen LogP contribution in [0, 0.1) is 11.7 Å². The Morgan fingerprint density at radius 1 is 1.22 bits per heavy atom. The lowest BCUT2D eigenvalue weighted by Crippen LogP contribution is -2.39. The molecule has 1 aliphatic carbocycles. The van der Waals surface area contributed by atoms with Crippen molar-refractivity contribution in [2.45, 2.75) is 32.1 Å². The Hall–Kier alpha value is -2.60. The maximum Gasteiger partial charge on any atom is 0.234 e. The minimum atomic E-state index is -0.635. The molecule has 2 aliphatic rings. The highest BCUT2D eigenvalue weighted by atomic mass is 32.1. The summed E-state index contributed by atoms with van der Waals surface area (Å²) in [7, 11) is 0. The molecule has 2 heterocycles. The fourth-order valence-electron chi connectivity index (χ4n) is 3.89. The van der Waals surface area contributed by atoms with Crippen molar-refractivity contribution in [2.75, 3.05) is 5.32 Å². The average Bonchev–Trinajstić information content (AvgIpc) is 3.17. The van der Waals surface area contributed by atoms with Crippen LogP contribution in [0.1, 0.15) is 37.0 Å². The Bertz CT molecular complexity index is 962. The van der Waals surface area contributed by atoms with Gasteiger partial charge in [-0.05, 0) is 43.3 Å². The maximum atomic E-state index is 14.0. The quantitative estimate of drug-likeness (QED) is 0.836. The van der Waals surface area contributed by atoms with Gasteiger partial charge in [0.2, 0.25) is 5.91 Å². The zero-order valence-electron chi connectivity index (χ0n) is 14.9. The molecule has 0 saturated carbocycles. The number of anilines is 1. The van der Waals surface area contributed by atoms with Crippen molar-refractivity contribution in [3.05, 3.63) is 63.7 Å². The Kier molecular flexibility index (Phi) is 4.74. The third-order valence-corrected chi connectivity index (χ3v) is 6.05. The molecule has 1 aliphatic heterocycles. The van der Waals surface area contributed by atoms with Crippen LogP contribution in [0.25, 0.3) is 0 Å². The van der Waals surface area contributed by atoms with E-state index in [-0.39, 0.29) is 23.3 Å². The number of halogens is 1. The highest BCUT2D eigenvalue weighted by Crippen LogP contribution is 2.44. The number of rotatable bonds is 3. The topological polar surface area (TPSA) is 58.5 Å². The zero-order valence-corrected chi connectivity index (χ0v) is 15.7. The minimum absolute atomic E-state index is 0.0644. The number of ketones is 1. The molecule has 1 amide bonds. The molecule has 1 N–H and O–H groups in total. The molecule has 4 nitrogen and oxygen atoms in total. The SMILES string of the molecule is CC1=NC2=C(C(=O)CCC2)[C@@H](c2cccs2)C1C(=O)Nc1ccccc1F. The van der Waals surface area contributed by atoms with E-state index in [2.05, 4.69) is 10.3 Å². The molecule has 4 rings (SSSR count). The van der Waals surface area contributed by atoms with E-state index in [1.54, 1.807) is 12.1 Å². The molecular weight excluding hydrogens is 363 g/mol. The summed E-state index contributed by atoms with van der Waals surface area (Å²) >= 11 is 1.52. The van der Waals surface area contributed by atoms with Crippen LogP contribution in [-0.2, 0) is 9.59 Å². The van der Waals surface area contributed by atoms with E-state index in [0.29, 0.717) is 17.7 Å². The predicted molar refractivity (Wildman–Crippen MR) is 105 cm³/mol. The highest BCUT2D eigenvalue weighted by molar-refractivity contribution is 7.10. The fraction of sp³-hybridized carbons (Fsp3) is 0.286. The number of hydrogen-bond donors (Lipinski definition) is 1. The number of para-hydroxylation sites is 1. The van der Waals surface area contributed by atoms with Gasteiger partial charge in [0.1, 0.15) is 5.82 Å². The van der Waals surface area contributed by atoms with Crippen LogP contribution < -0.4 is 5.32 Å². The molecule has 0 saturated heterocycles. The van der Waals surface area contributed by atoms with Gasteiger partial charge in [-0.1, -0.05) is 18.2 Å². The summed E-state index contributed by atoms with van der Waals surface area (Å²) in [5.41, 5.74) is 2.26. The Morgan fingerprint density at radius 3 is 2.78 bits per heavy atom. The summed E-state index contributed by atoms with van der Waals surface area (Å²) in [6.07, 6.45) is 2.02. The van der Waals surface area contributed by atoms with Gasteiger partial charge in [-0.3, -0.25) is 14.6 Å². The van der Waals surface area contributed by atoms with Gasteiger partial charge in [-0.25, -0.2) is 4.39 Å². The number of amides is 1. The third kappa shape index (κ3) is 3.25. The third-order valence-electron chi connectivity index (χ3n) is 5.10. The van der Waals surface area contributed by atoms with Gasteiger partial charge in [-0.15, -0.1) is 11.3 Å². The summed E-state index contributed by atoms with van der Waals surface area (Å²) < 4.78 is 14.0. The second-order valence-corrected chi connectivity index (χ2v) is 7.81. The minimum Gasteiger partial charge on any atom is -0.323 e. The van der Waals surface area contributed by atoms with Gasteiger partial charge >= 0.3 is 0 Å². The van der Waals surface area contributed by atoms with Gasteiger partial charge in [-0.2, -0.15) is 0 Å². The van der Waals surface area contributed by atoms with Crippen molar-refractivity contribution in [2.24, 2.45) is 10.9 Å². The summed E-state index contributed by atoms with van der Waals surface area (Å²) in [5.74, 6) is -1.77. The van der Waals surface area contributed by atoms with E-state index < -0.39 is 11.7 Å². The number of hydrogen-bond acceptors (Lipinski definition) is 4. The van der Waals surface area contributed by atoms with Gasteiger partial charge in [0.25, 0.3) is 0 Å². The molecule has 0 fully saturated rings. The molecule has 1 unspecified atom stereocenters. The van der Waals surface area contributed by atoms with Crippen LogP contribution in [0.5, 0.6) is 0 Å². The summed E-state index contributed by atoms with van der Waals surface area (Å²) in [4.78, 5) is 31.4. The van der Waals surface area contributed by atoms with Crippen LogP contribution in [0.2, 0.25) is 0 Å². The molecule has 0 spiro atoms. The van der Waals surface area contributed by atoms with Crippen molar-refractivity contribution >= 4 is 34.4 Å². The van der Waals surface area contributed by atoms with Crippen molar-refractivity contribution < 1.29 is 14.0 Å². The first-order chi connectivity index (χ1) is 13.1. The maximum absolute atomic E-state index is 14.0. The molecule has 1 aromatic heterocycles. The number of carbonyl (C=O) groups excluding carboxylic acids is 2. The number of carbonyl (C=O) groups is 2. The van der Waals surface area contributed by atoms with E-state index in [1.807, 2.05) is 24.4 Å². The van der Waals surface area contributed by atoms with Crippen LogP contribution in [0.4, 0.5) is 10.1 Å². The number of benzene rings is 1. The number of nitrogens with zero attached hydrogens (tertiary/aromatic N) is 1. The average molecular weight is 382 g/mol. The normalized spacial score (nSPS) is 22.3. The summed E-state index contributed by atoms with van der Waals surface area (Å²) in [6, 6.07) is 9.94. The van der Waals surface area contributed by atoms with Gasteiger partial charge in [0.05, 0.1) is 11.6 Å². The van der Waals surface area contributed by atoms with Crippen molar-refractivity contribution in [3.8, 4) is 0 Å². The van der Waals surface area contributed by atoms with Crippen molar-refractivity contribution in [3.63, 3.8) is 0 Å². The molecule has 0 radical (unpaired) electrons.